The zero-order chi connectivity index (χ0) is 63.1. The number of ketones is 2. The first-order valence-electron chi connectivity index (χ1n) is 25.6. The maximum Gasteiger partial charge on any atom is 0.412 e. The third kappa shape index (κ3) is 24.5. The molecule has 0 amide bonds. The maximum atomic E-state index is 12.9. The lowest BCUT2D eigenvalue weighted by Crippen LogP contribution is -2.23. The first kappa shape index (κ1) is 74.1. The molecule has 2 aromatic rings. The summed E-state index contributed by atoms with van der Waals surface area (Å²) in [6, 6.07) is 1.90. The SMILES string of the molecule is CC(=O)CP(=O)(OCC(F)(F)F)OCC(F)(F)F.COc1c(C)c2c(c(OCC[Si](C)(C)C)c1C/C=C(\C)CBr)C(=O)OC2.COc1c(C)c2c(c(OCC[Si](C)(C)C)c1C/C=C(\C)CC(C(C)=O)P(C)(=O)OCC(F)(F)F)C(=O)OC2. The summed E-state index contributed by atoms with van der Waals surface area (Å²) < 4.78 is 180. The van der Waals surface area contributed by atoms with E-state index in [9.17, 15) is 67.8 Å². The highest BCUT2D eigenvalue weighted by Gasteiger charge is 2.41. The fourth-order valence-electron chi connectivity index (χ4n) is 7.93. The average Bonchev–Trinajstić information content (AvgIpc) is 3.93. The Hall–Kier alpha value is -3.98. The van der Waals surface area contributed by atoms with Crippen molar-refractivity contribution >= 4 is 70.5 Å². The normalized spacial score (nSPS) is 15.2. The van der Waals surface area contributed by atoms with E-state index >= 15 is 0 Å². The fraction of sp³-hybridized carbons (Fsp3) is 0.623. The first-order valence-corrected chi connectivity index (χ1v) is 38.0. The van der Waals surface area contributed by atoms with Gasteiger partial charge < -0.3 is 32.9 Å². The topological polar surface area (TPSA) is 185 Å². The van der Waals surface area contributed by atoms with Crippen molar-refractivity contribution in [1.29, 1.82) is 0 Å². The summed E-state index contributed by atoms with van der Waals surface area (Å²) in [6.07, 6.45) is -10.8. The van der Waals surface area contributed by atoms with Gasteiger partial charge >= 0.3 is 38.1 Å². The van der Waals surface area contributed by atoms with Crippen LogP contribution in [0.2, 0.25) is 51.4 Å². The van der Waals surface area contributed by atoms with Crippen LogP contribution in [0.25, 0.3) is 0 Å². The average molecular weight is 1320 g/mol. The number of allylic oxidation sites excluding steroid dienone is 4. The van der Waals surface area contributed by atoms with Crippen LogP contribution in [-0.4, -0.2) is 129 Å². The molecule has 0 fully saturated rings. The zero-order valence-corrected chi connectivity index (χ0v) is 54.3. The number of halogens is 10. The molecule has 82 heavy (non-hydrogen) atoms. The molecule has 0 radical (unpaired) electrons. The van der Waals surface area contributed by atoms with Crippen LogP contribution < -0.4 is 18.9 Å². The molecule has 2 aromatic carbocycles. The van der Waals surface area contributed by atoms with E-state index in [-0.39, 0.29) is 32.0 Å². The van der Waals surface area contributed by atoms with Gasteiger partial charge in [0.05, 0.1) is 33.1 Å². The van der Waals surface area contributed by atoms with Gasteiger partial charge in [0.25, 0.3) is 0 Å². The van der Waals surface area contributed by atoms with E-state index < -0.39 is 98.8 Å². The number of Topliss-reactive ketones (excluding diaryl/α,β-unsaturated/α-hetero) is 2. The molecule has 2 aliphatic heterocycles. The lowest BCUT2D eigenvalue weighted by molar-refractivity contribution is -0.165. The number of rotatable bonds is 27. The summed E-state index contributed by atoms with van der Waals surface area (Å²) in [5.41, 5.74) is 6.47. The predicted molar refractivity (Wildman–Crippen MR) is 302 cm³/mol. The highest BCUT2D eigenvalue weighted by molar-refractivity contribution is 9.09. The van der Waals surface area contributed by atoms with Crippen molar-refractivity contribution in [3.63, 3.8) is 0 Å². The molecule has 0 saturated carbocycles. The van der Waals surface area contributed by atoms with Gasteiger partial charge in [0, 0.05) is 50.4 Å². The van der Waals surface area contributed by atoms with E-state index in [4.69, 9.17) is 28.4 Å². The number of ether oxygens (including phenoxy) is 6. The zero-order valence-electron chi connectivity index (χ0n) is 48.9. The summed E-state index contributed by atoms with van der Waals surface area (Å²) in [6.45, 7) is 19.9. The molecule has 2 aliphatic rings. The lowest BCUT2D eigenvalue weighted by atomic mass is 9.94. The lowest BCUT2D eigenvalue weighted by Gasteiger charge is -2.24. The number of methoxy groups -OCH3 is 2. The van der Waals surface area contributed by atoms with Gasteiger partial charge in [-0.15, -0.1) is 0 Å². The molecule has 2 atom stereocenters. The third-order valence-corrected chi connectivity index (χ3v) is 20.8. The van der Waals surface area contributed by atoms with Crippen molar-refractivity contribution in [2.45, 2.75) is 150 Å². The van der Waals surface area contributed by atoms with Crippen molar-refractivity contribution < 1.29 is 110 Å². The van der Waals surface area contributed by atoms with Gasteiger partial charge in [-0.25, -0.2) is 9.59 Å². The van der Waals surface area contributed by atoms with Crippen LogP contribution in [0.4, 0.5) is 39.5 Å². The largest absolute Gasteiger partial charge is 0.496 e. The Bertz CT molecular complexity index is 2730. The van der Waals surface area contributed by atoms with Crippen molar-refractivity contribution in [1.82, 2.24) is 0 Å². The van der Waals surface area contributed by atoms with Gasteiger partial charge in [-0.3, -0.25) is 27.8 Å². The summed E-state index contributed by atoms with van der Waals surface area (Å²) in [4.78, 5) is 47.9. The summed E-state index contributed by atoms with van der Waals surface area (Å²) in [5.74, 6) is 0.178. The third-order valence-electron chi connectivity index (χ3n) is 12.3. The van der Waals surface area contributed by atoms with Crippen molar-refractivity contribution in [3.05, 3.63) is 67.8 Å². The number of carbonyl (C=O) groups excluding carboxylic acids is 4. The Balaban J connectivity index is 0.000000452. The van der Waals surface area contributed by atoms with Crippen LogP contribution in [-0.2, 0) is 67.8 Å². The minimum atomic E-state index is -4.89. The van der Waals surface area contributed by atoms with E-state index in [0.717, 1.165) is 59.0 Å². The quantitative estimate of drug-likeness (QED) is 0.0205. The molecule has 29 heteroatoms. The standard InChI is InChI=1S/C26H38F3O7PSi.C20H29BrO4Si.C7H9F6O4P/c1-16(13-21(18(3)30)37(5,32)36-15-26(27,28)29)9-10-19-23(33-4)17(2)20-14-35-25(31)22(20)24(19)34-11-12-38(6,7)8;1-13(11-21)7-8-15-18(23-3)14(2)16-12-25-20(22)17(16)19(15)24-9-10-26(4,5)6;1-5(14)2-18(15,16-3-6(8,9)10)17-4-7(11,12)13/h9,21H,10-15H2,1-8H3;7H,8-12H2,1-6H3;2-4H2,1H3/b16-9+;13-7+;. The summed E-state index contributed by atoms with van der Waals surface area (Å²) >= 11 is 3.48. The monoisotopic (exact) mass is 1320 g/mol. The number of benzene rings is 2. The second-order valence-corrected chi connectivity index (χ2v) is 38.7. The summed E-state index contributed by atoms with van der Waals surface area (Å²) in [5, 5.41) is 0.813. The van der Waals surface area contributed by atoms with Crippen molar-refractivity contribution in [2.24, 2.45) is 0 Å². The highest BCUT2D eigenvalue weighted by atomic mass is 79.9. The van der Waals surface area contributed by atoms with Crippen LogP contribution in [0.3, 0.4) is 0 Å². The number of fused-ring (bicyclic) bond motifs is 2. The molecule has 2 heterocycles. The van der Waals surface area contributed by atoms with E-state index in [2.05, 4.69) is 81.8 Å². The van der Waals surface area contributed by atoms with Gasteiger partial charge in [-0.1, -0.05) is 78.5 Å². The van der Waals surface area contributed by atoms with Crippen molar-refractivity contribution in [3.8, 4) is 23.0 Å². The second-order valence-electron chi connectivity index (χ2n) is 22.1. The Morgan fingerprint density at radius 2 is 1.00 bits per heavy atom. The van der Waals surface area contributed by atoms with Gasteiger partial charge in [-0.2, -0.15) is 39.5 Å². The van der Waals surface area contributed by atoms with Crippen LogP contribution in [0, 0.1) is 13.8 Å². The van der Waals surface area contributed by atoms with E-state index in [0.29, 0.717) is 64.7 Å². The minimum absolute atomic E-state index is 0.0406. The highest BCUT2D eigenvalue weighted by Crippen LogP contribution is 2.53. The predicted octanol–water partition coefficient (Wildman–Crippen LogP) is 14.9. The van der Waals surface area contributed by atoms with Gasteiger partial charge in [0.2, 0.25) is 7.37 Å². The van der Waals surface area contributed by atoms with Crippen molar-refractivity contribution in [2.75, 3.05) is 65.4 Å². The molecular weight excluding hydrogens is 1250 g/mol. The van der Waals surface area contributed by atoms with Crippen LogP contribution in [0.1, 0.15) is 88.2 Å². The van der Waals surface area contributed by atoms with E-state index in [1.165, 1.54) is 19.6 Å². The van der Waals surface area contributed by atoms with Gasteiger partial charge in [0.15, 0.2) is 13.2 Å². The fourth-order valence-corrected chi connectivity index (χ4v) is 12.9. The Morgan fingerprint density at radius 1 is 0.634 bits per heavy atom. The van der Waals surface area contributed by atoms with Crippen LogP contribution in [0.15, 0.2) is 23.3 Å². The number of esters is 2. The molecule has 0 bridgehead atoms. The van der Waals surface area contributed by atoms with Gasteiger partial charge in [0.1, 0.15) is 71.7 Å². The molecule has 0 saturated heterocycles. The smallest absolute Gasteiger partial charge is 0.412 e. The Morgan fingerprint density at radius 3 is 1.32 bits per heavy atom. The maximum absolute atomic E-state index is 12.9. The number of alkyl halides is 10. The molecule has 15 nitrogen and oxygen atoms in total. The molecule has 0 aliphatic carbocycles. The molecular formula is C53H76BrF9O15P2Si2. The second kappa shape index (κ2) is 30.9. The molecule has 0 spiro atoms. The Labute approximate surface area is 484 Å². The minimum Gasteiger partial charge on any atom is -0.496 e. The number of hydrogen-bond donors (Lipinski definition) is 0. The molecule has 0 aromatic heterocycles. The molecule has 466 valence electrons. The molecule has 2 unspecified atom stereocenters. The van der Waals surface area contributed by atoms with Crippen LogP contribution in [0.5, 0.6) is 23.0 Å². The van der Waals surface area contributed by atoms with Crippen LogP contribution >= 0.6 is 30.9 Å². The number of hydrogen-bond acceptors (Lipinski definition) is 15. The number of cyclic esters (lactones) is 2. The van der Waals surface area contributed by atoms with E-state index in [1.54, 1.807) is 20.1 Å². The first-order chi connectivity index (χ1) is 37.4. The molecule has 4 rings (SSSR count). The molecule has 0 N–H and O–H groups in total. The van der Waals surface area contributed by atoms with E-state index in [1.807, 2.05) is 13.8 Å². The van der Waals surface area contributed by atoms with Gasteiger partial charge in [-0.05, 0) is 84.0 Å². The Kier molecular flexibility index (Phi) is 27.9. The summed E-state index contributed by atoms with van der Waals surface area (Å²) in [7, 11) is -8.14. The number of carbonyl (C=O) groups is 4.